The molecule has 1 unspecified atom stereocenters. The molecule has 2 rings (SSSR count). The fraction of sp³-hybridized carbons (Fsp3) is 0.571. The van der Waals surface area contributed by atoms with Crippen LogP contribution in [0.1, 0.15) is 31.2 Å². The van der Waals surface area contributed by atoms with Crippen molar-refractivity contribution in [1.82, 2.24) is 5.32 Å². The van der Waals surface area contributed by atoms with Gasteiger partial charge in [-0.25, -0.2) is 0 Å². The van der Waals surface area contributed by atoms with Crippen molar-refractivity contribution >= 4 is 11.6 Å². The van der Waals surface area contributed by atoms with E-state index in [9.17, 15) is 0 Å². The average molecular weight is 254 g/mol. The summed E-state index contributed by atoms with van der Waals surface area (Å²) >= 11 is 6.35. The van der Waals surface area contributed by atoms with Crippen molar-refractivity contribution in [3.8, 4) is 0 Å². The SMILES string of the molecule is CN[C@]1(c2ccccc2Cl)CCCCC1OC. The van der Waals surface area contributed by atoms with Crippen molar-refractivity contribution in [3.05, 3.63) is 34.9 Å². The van der Waals surface area contributed by atoms with Crippen LogP contribution in [0.3, 0.4) is 0 Å². The number of hydrogen-bond acceptors (Lipinski definition) is 2. The lowest BCUT2D eigenvalue weighted by Gasteiger charge is -2.44. The molecule has 1 fully saturated rings. The second-order valence-electron chi connectivity index (χ2n) is 4.67. The van der Waals surface area contributed by atoms with Gasteiger partial charge in [-0.3, -0.25) is 0 Å². The van der Waals surface area contributed by atoms with Crippen LogP contribution in [0.15, 0.2) is 24.3 Å². The molecule has 2 atom stereocenters. The average Bonchev–Trinajstić information content (AvgIpc) is 2.39. The van der Waals surface area contributed by atoms with E-state index >= 15 is 0 Å². The van der Waals surface area contributed by atoms with Crippen LogP contribution in [0.25, 0.3) is 0 Å². The van der Waals surface area contributed by atoms with Crippen molar-refractivity contribution < 1.29 is 4.74 Å². The third kappa shape index (κ3) is 2.22. The number of likely N-dealkylation sites (N-methyl/N-ethyl adjacent to an activating group) is 1. The molecular formula is C14H20ClNO. The molecule has 0 heterocycles. The third-order valence-electron chi connectivity index (χ3n) is 3.92. The standard InChI is InChI=1S/C14H20ClNO/c1-16-14(10-6-5-9-13(14)17-2)11-7-3-4-8-12(11)15/h3-4,7-8,13,16H,5-6,9-10H2,1-2H3/t13?,14-/m0/s1. The van der Waals surface area contributed by atoms with Gasteiger partial charge in [0.15, 0.2) is 0 Å². The van der Waals surface area contributed by atoms with Crippen LogP contribution in [0, 0.1) is 0 Å². The molecule has 3 heteroatoms. The molecule has 0 amide bonds. The largest absolute Gasteiger partial charge is 0.379 e. The second-order valence-corrected chi connectivity index (χ2v) is 5.08. The molecule has 94 valence electrons. The van der Waals surface area contributed by atoms with Crippen molar-refractivity contribution in [2.75, 3.05) is 14.2 Å². The van der Waals surface area contributed by atoms with Gasteiger partial charge in [0.05, 0.1) is 11.6 Å². The van der Waals surface area contributed by atoms with E-state index in [-0.39, 0.29) is 11.6 Å². The highest BCUT2D eigenvalue weighted by Gasteiger charge is 2.42. The summed E-state index contributed by atoms with van der Waals surface area (Å²) in [6.07, 6.45) is 4.80. The summed E-state index contributed by atoms with van der Waals surface area (Å²) in [5.41, 5.74) is 1.03. The first-order valence-corrected chi connectivity index (χ1v) is 6.59. The van der Waals surface area contributed by atoms with Gasteiger partial charge in [0.1, 0.15) is 0 Å². The van der Waals surface area contributed by atoms with Crippen LogP contribution in [-0.4, -0.2) is 20.3 Å². The Hall–Kier alpha value is -0.570. The van der Waals surface area contributed by atoms with E-state index in [1.807, 2.05) is 25.2 Å². The minimum atomic E-state index is -0.134. The van der Waals surface area contributed by atoms with Gasteiger partial charge in [-0.05, 0) is 31.5 Å². The first kappa shape index (κ1) is 12.9. The molecule has 2 nitrogen and oxygen atoms in total. The fourth-order valence-electron chi connectivity index (χ4n) is 3.01. The van der Waals surface area contributed by atoms with Crippen molar-refractivity contribution in [2.45, 2.75) is 37.3 Å². The van der Waals surface area contributed by atoms with Gasteiger partial charge in [0.25, 0.3) is 0 Å². The van der Waals surface area contributed by atoms with Gasteiger partial charge in [0, 0.05) is 12.1 Å². The summed E-state index contributed by atoms with van der Waals surface area (Å²) in [5.74, 6) is 0. The Morgan fingerprint density at radius 3 is 2.76 bits per heavy atom. The van der Waals surface area contributed by atoms with Crippen LogP contribution >= 0.6 is 11.6 Å². The maximum atomic E-state index is 6.35. The van der Waals surface area contributed by atoms with Gasteiger partial charge in [0.2, 0.25) is 0 Å². The summed E-state index contributed by atoms with van der Waals surface area (Å²) in [6, 6.07) is 8.08. The Kier molecular flexibility index (Phi) is 4.08. The molecule has 0 radical (unpaired) electrons. The van der Waals surface area contributed by atoms with E-state index in [1.54, 1.807) is 7.11 Å². The molecule has 0 saturated heterocycles. The first-order chi connectivity index (χ1) is 8.24. The third-order valence-corrected chi connectivity index (χ3v) is 4.25. The Balaban J connectivity index is 2.45. The number of nitrogens with one attached hydrogen (secondary N) is 1. The highest BCUT2D eigenvalue weighted by atomic mass is 35.5. The predicted molar refractivity (Wildman–Crippen MR) is 71.5 cm³/mol. The highest BCUT2D eigenvalue weighted by molar-refractivity contribution is 6.31. The normalized spacial score (nSPS) is 29.2. The Morgan fingerprint density at radius 2 is 2.12 bits per heavy atom. The summed E-state index contributed by atoms with van der Waals surface area (Å²) in [6.45, 7) is 0. The molecule has 1 saturated carbocycles. The molecule has 1 aromatic rings. The summed E-state index contributed by atoms with van der Waals surface area (Å²) < 4.78 is 5.69. The number of hydrogen-bond donors (Lipinski definition) is 1. The van der Waals surface area contributed by atoms with Gasteiger partial charge >= 0.3 is 0 Å². The molecule has 0 aliphatic heterocycles. The summed E-state index contributed by atoms with van der Waals surface area (Å²) in [5, 5.41) is 4.29. The van der Waals surface area contributed by atoms with Crippen LogP contribution in [-0.2, 0) is 10.3 Å². The maximum Gasteiger partial charge on any atom is 0.0795 e. The quantitative estimate of drug-likeness (QED) is 0.892. The highest BCUT2D eigenvalue weighted by Crippen LogP contribution is 2.41. The molecule has 0 bridgehead atoms. The minimum absolute atomic E-state index is 0.134. The van der Waals surface area contributed by atoms with E-state index in [1.165, 1.54) is 12.8 Å². The van der Waals surface area contributed by atoms with Crippen LogP contribution in [0.4, 0.5) is 0 Å². The fourth-order valence-corrected chi connectivity index (χ4v) is 3.32. The number of methoxy groups -OCH3 is 1. The number of ether oxygens (including phenoxy) is 1. The molecule has 0 aromatic heterocycles. The van der Waals surface area contributed by atoms with Crippen LogP contribution in [0.5, 0.6) is 0 Å². The smallest absolute Gasteiger partial charge is 0.0795 e. The zero-order valence-electron chi connectivity index (χ0n) is 10.5. The van der Waals surface area contributed by atoms with Gasteiger partial charge in [-0.15, -0.1) is 0 Å². The van der Waals surface area contributed by atoms with Crippen LogP contribution < -0.4 is 5.32 Å². The molecular weight excluding hydrogens is 234 g/mol. The van der Waals surface area contributed by atoms with Gasteiger partial charge in [-0.1, -0.05) is 42.6 Å². The van der Waals surface area contributed by atoms with E-state index in [0.717, 1.165) is 23.4 Å². The number of halogens is 1. The predicted octanol–water partition coefficient (Wildman–Crippen LogP) is 3.34. The second kappa shape index (κ2) is 5.38. The Morgan fingerprint density at radius 1 is 1.35 bits per heavy atom. The van der Waals surface area contributed by atoms with Crippen molar-refractivity contribution in [2.24, 2.45) is 0 Å². The summed E-state index contributed by atoms with van der Waals surface area (Å²) in [4.78, 5) is 0. The molecule has 1 aliphatic carbocycles. The van der Waals surface area contributed by atoms with Crippen molar-refractivity contribution in [3.63, 3.8) is 0 Å². The molecule has 1 aliphatic rings. The zero-order chi connectivity index (χ0) is 12.3. The lowest BCUT2D eigenvalue weighted by atomic mass is 9.74. The number of rotatable bonds is 3. The lowest BCUT2D eigenvalue weighted by molar-refractivity contribution is -0.0118. The van der Waals surface area contributed by atoms with Gasteiger partial charge < -0.3 is 10.1 Å². The van der Waals surface area contributed by atoms with E-state index in [0.29, 0.717) is 0 Å². The molecule has 1 aromatic carbocycles. The molecule has 1 N–H and O–H groups in total. The van der Waals surface area contributed by atoms with E-state index < -0.39 is 0 Å². The van der Waals surface area contributed by atoms with E-state index in [4.69, 9.17) is 16.3 Å². The number of benzene rings is 1. The Labute approximate surface area is 108 Å². The summed E-state index contributed by atoms with van der Waals surface area (Å²) in [7, 11) is 3.79. The molecule has 17 heavy (non-hydrogen) atoms. The van der Waals surface area contributed by atoms with Crippen molar-refractivity contribution in [1.29, 1.82) is 0 Å². The van der Waals surface area contributed by atoms with E-state index in [2.05, 4.69) is 11.4 Å². The maximum absolute atomic E-state index is 6.35. The lowest BCUT2D eigenvalue weighted by Crippen LogP contribution is -2.52. The zero-order valence-corrected chi connectivity index (χ0v) is 11.3. The van der Waals surface area contributed by atoms with Crippen LogP contribution in [0.2, 0.25) is 5.02 Å². The minimum Gasteiger partial charge on any atom is -0.379 e. The topological polar surface area (TPSA) is 21.3 Å². The first-order valence-electron chi connectivity index (χ1n) is 6.21. The monoisotopic (exact) mass is 253 g/mol. The Bertz CT molecular complexity index is 382. The molecule has 0 spiro atoms. The van der Waals surface area contributed by atoms with Gasteiger partial charge in [-0.2, -0.15) is 0 Å².